The summed E-state index contributed by atoms with van der Waals surface area (Å²) in [5.74, 6) is 0.252. The van der Waals surface area contributed by atoms with Crippen molar-refractivity contribution in [2.75, 3.05) is 4.72 Å². The molecule has 0 spiro atoms. The second kappa shape index (κ2) is 5.94. The zero-order valence-electron chi connectivity index (χ0n) is 11.3. The van der Waals surface area contributed by atoms with Crippen LogP contribution in [0.25, 0.3) is 11.3 Å². The van der Waals surface area contributed by atoms with Gasteiger partial charge in [-0.3, -0.25) is 9.82 Å². The number of rotatable bonds is 4. The fraction of sp³-hybridized carbons (Fsp3) is 0. The molecule has 112 valence electrons. The fourth-order valence-corrected chi connectivity index (χ4v) is 3.21. The molecule has 0 bridgehead atoms. The number of H-pyrrole nitrogens is 1. The number of benzene rings is 2. The molecule has 3 aromatic rings. The molecule has 0 aliphatic carbocycles. The molecule has 3 rings (SSSR count). The van der Waals surface area contributed by atoms with Crippen LogP contribution in [0, 0.1) is 0 Å². The van der Waals surface area contributed by atoms with Crippen LogP contribution in [0.2, 0.25) is 0 Å². The predicted molar refractivity (Wildman–Crippen MR) is 89.0 cm³/mol. The van der Waals surface area contributed by atoms with Gasteiger partial charge in [0.2, 0.25) is 0 Å². The molecule has 0 amide bonds. The van der Waals surface area contributed by atoms with Crippen LogP contribution in [0.1, 0.15) is 0 Å². The molecule has 2 aromatic carbocycles. The summed E-state index contributed by atoms with van der Waals surface area (Å²) in [5, 5.41) is 6.82. The van der Waals surface area contributed by atoms with Crippen molar-refractivity contribution in [1.82, 2.24) is 10.2 Å². The van der Waals surface area contributed by atoms with Gasteiger partial charge in [-0.15, -0.1) is 0 Å². The van der Waals surface area contributed by atoms with Crippen LogP contribution in [0.5, 0.6) is 0 Å². The molecule has 0 aliphatic rings. The first-order valence-electron chi connectivity index (χ1n) is 6.44. The number of nitrogens with one attached hydrogen (secondary N) is 2. The number of hydrogen-bond donors (Lipinski definition) is 2. The highest BCUT2D eigenvalue weighted by atomic mass is 79.9. The number of halogens is 1. The van der Waals surface area contributed by atoms with E-state index in [1.807, 2.05) is 30.3 Å². The van der Waals surface area contributed by atoms with Crippen molar-refractivity contribution in [3.8, 4) is 11.3 Å². The van der Waals surface area contributed by atoms with Crippen LogP contribution < -0.4 is 4.72 Å². The smallest absolute Gasteiger partial charge is 0.263 e. The van der Waals surface area contributed by atoms with Crippen molar-refractivity contribution in [2.45, 2.75) is 4.90 Å². The van der Waals surface area contributed by atoms with Gasteiger partial charge in [-0.2, -0.15) is 5.10 Å². The van der Waals surface area contributed by atoms with E-state index in [4.69, 9.17) is 0 Å². The first kappa shape index (κ1) is 14.8. The third-order valence-corrected chi connectivity index (χ3v) is 4.92. The maximum Gasteiger partial charge on any atom is 0.263 e. The maximum atomic E-state index is 12.3. The Labute approximate surface area is 136 Å². The zero-order chi connectivity index (χ0) is 15.6. The number of nitrogens with zero attached hydrogens (tertiary/aromatic N) is 1. The molecule has 0 radical (unpaired) electrons. The van der Waals surface area contributed by atoms with Crippen molar-refractivity contribution in [3.63, 3.8) is 0 Å². The van der Waals surface area contributed by atoms with E-state index < -0.39 is 10.0 Å². The van der Waals surface area contributed by atoms with Gasteiger partial charge in [-0.25, -0.2) is 8.42 Å². The van der Waals surface area contributed by atoms with Crippen LogP contribution in [-0.4, -0.2) is 18.6 Å². The van der Waals surface area contributed by atoms with Crippen LogP contribution in [0.3, 0.4) is 0 Å². The summed E-state index contributed by atoms with van der Waals surface area (Å²) < 4.78 is 27.8. The Morgan fingerprint density at radius 2 is 1.68 bits per heavy atom. The van der Waals surface area contributed by atoms with Gasteiger partial charge in [0.05, 0.1) is 10.6 Å². The summed E-state index contributed by atoms with van der Waals surface area (Å²) in [6.45, 7) is 0. The Morgan fingerprint density at radius 1 is 1.00 bits per heavy atom. The molecule has 1 aromatic heterocycles. The van der Waals surface area contributed by atoms with Gasteiger partial charge in [0.25, 0.3) is 10.0 Å². The van der Waals surface area contributed by atoms with E-state index in [2.05, 4.69) is 30.8 Å². The SMILES string of the molecule is O=S(=O)(Nc1cc(-c2ccccc2)[nH]n1)c1ccc(Br)cc1. The molecule has 1 heterocycles. The average molecular weight is 378 g/mol. The molecule has 5 nitrogen and oxygen atoms in total. The van der Waals surface area contributed by atoms with Crippen molar-refractivity contribution in [3.05, 3.63) is 65.1 Å². The Morgan fingerprint density at radius 3 is 2.36 bits per heavy atom. The van der Waals surface area contributed by atoms with Crippen molar-refractivity contribution in [1.29, 1.82) is 0 Å². The second-order valence-electron chi connectivity index (χ2n) is 4.59. The number of sulfonamides is 1. The summed E-state index contributed by atoms with van der Waals surface area (Å²) in [6.07, 6.45) is 0. The van der Waals surface area contributed by atoms with Crippen molar-refractivity contribution < 1.29 is 8.42 Å². The van der Waals surface area contributed by atoms with E-state index in [9.17, 15) is 8.42 Å². The summed E-state index contributed by atoms with van der Waals surface area (Å²) >= 11 is 3.28. The molecule has 0 atom stereocenters. The zero-order valence-corrected chi connectivity index (χ0v) is 13.7. The lowest BCUT2D eigenvalue weighted by atomic mass is 10.2. The summed E-state index contributed by atoms with van der Waals surface area (Å²) in [4.78, 5) is 0.181. The van der Waals surface area contributed by atoms with Crippen LogP contribution in [0.4, 0.5) is 5.82 Å². The molecule has 0 aliphatic heterocycles. The van der Waals surface area contributed by atoms with Crippen LogP contribution in [-0.2, 0) is 10.0 Å². The first-order valence-corrected chi connectivity index (χ1v) is 8.71. The highest BCUT2D eigenvalue weighted by molar-refractivity contribution is 9.10. The number of aromatic amines is 1. The minimum Gasteiger partial charge on any atom is -0.276 e. The van der Waals surface area contributed by atoms with Gasteiger partial charge in [0.1, 0.15) is 0 Å². The molecular formula is C15H12BrN3O2S. The molecule has 0 unspecified atom stereocenters. The van der Waals surface area contributed by atoms with Crippen molar-refractivity contribution >= 4 is 31.8 Å². The van der Waals surface area contributed by atoms with E-state index in [0.29, 0.717) is 0 Å². The van der Waals surface area contributed by atoms with E-state index in [1.165, 1.54) is 12.1 Å². The quantitative estimate of drug-likeness (QED) is 0.728. The Bertz CT molecular complexity index is 875. The molecule has 7 heteroatoms. The number of aromatic nitrogens is 2. The number of hydrogen-bond acceptors (Lipinski definition) is 3. The highest BCUT2D eigenvalue weighted by Gasteiger charge is 2.15. The van der Waals surface area contributed by atoms with Crippen LogP contribution in [0.15, 0.2) is 70.0 Å². The predicted octanol–water partition coefficient (Wildman–Crippen LogP) is 3.64. The Balaban J connectivity index is 1.84. The molecule has 2 N–H and O–H groups in total. The molecule has 0 fully saturated rings. The molecule has 22 heavy (non-hydrogen) atoms. The van der Waals surface area contributed by atoms with E-state index in [1.54, 1.807) is 18.2 Å². The average Bonchev–Trinajstić information content (AvgIpc) is 2.96. The van der Waals surface area contributed by atoms with E-state index >= 15 is 0 Å². The topological polar surface area (TPSA) is 74.8 Å². The third kappa shape index (κ3) is 3.20. The lowest BCUT2D eigenvalue weighted by Crippen LogP contribution is -2.13. The fourth-order valence-electron chi connectivity index (χ4n) is 1.95. The van der Waals surface area contributed by atoms with Crippen molar-refractivity contribution in [2.24, 2.45) is 0 Å². The largest absolute Gasteiger partial charge is 0.276 e. The van der Waals surface area contributed by atoms with Gasteiger partial charge < -0.3 is 0 Å². The van der Waals surface area contributed by atoms with E-state index in [0.717, 1.165) is 15.7 Å². The molecule has 0 saturated carbocycles. The number of anilines is 1. The normalized spacial score (nSPS) is 11.3. The minimum absolute atomic E-state index is 0.181. The van der Waals surface area contributed by atoms with Gasteiger partial charge in [0, 0.05) is 10.5 Å². The van der Waals surface area contributed by atoms with Crippen LogP contribution >= 0.6 is 15.9 Å². The lowest BCUT2D eigenvalue weighted by Gasteiger charge is -2.04. The summed E-state index contributed by atoms with van der Waals surface area (Å²) in [5.41, 5.74) is 1.68. The third-order valence-electron chi connectivity index (χ3n) is 3.03. The second-order valence-corrected chi connectivity index (χ2v) is 7.19. The van der Waals surface area contributed by atoms with Gasteiger partial charge >= 0.3 is 0 Å². The van der Waals surface area contributed by atoms with Gasteiger partial charge in [-0.05, 0) is 29.8 Å². The van der Waals surface area contributed by atoms with E-state index in [-0.39, 0.29) is 10.7 Å². The summed E-state index contributed by atoms with van der Waals surface area (Å²) in [7, 11) is -3.65. The van der Waals surface area contributed by atoms with Gasteiger partial charge in [0.15, 0.2) is 5.82 Å². The highest BCUT2D eigenvalue weighted by Crippen LogP contribution is 2.22. The molecular weight excluding hydrogens is 366 g/mol. The maximum absolute atomic E-state index is 12.3. The minimum atomic E-state index is -3.65. The first-order chi connectivity index (χ1) is 10.5. The monoisotopic (exact) mass is 377 g/mol. The lowest BCUT2D eigenvalue weighted by molar-refractivity contribution is 0.601. The van der Waals surface area contributed by atoms with Gasteiger partial charge in [-0.1, -0.05) is 46.3 Å². The molecule has 0 saturated heterocycles. The Kier molecular flexibility index (Phi) is 4.00. The Hall–Kier alpha value is -2.12. The summed E-state index contributed by atoms with van der Waals surface area (Å²) in [6, 6.07) is 17.6. The standard InChI is InChI=1S/C15H12BrN3O2S/c16-12-6-8-13(9-7-12)22(20,21)19-15-10-14(17-18-15)11-4-2-1-3-5-11/h1-10H,(H2,17,18,19).